The highest BCUT2D eigenvalue weighted by Crippen LogP contribution is 2.10. The van der Waals surface area contributed by atoms with Crippen LogP contribution in [-0.4, -0.2) is 31.9 Å². The second-order valence-corrected chi connectivity index (χ2v) is 4.69. The van der Waals surface area contributed by atoms with Gasteiger partial charge in [0.05, 0.1) is 6.54 Å². The van der Waals surface area contributed by atoms with Gasteiger partial charge in [-0.2, -0.15) is 4.80 Å². The average Bonchev–Trinajstić information content (AvgIpc) is 2.85. The van der Waals surface area contributed by atoms with Crippen LogP contribution in [0.2, 0.25) is 0 Å². The summed E-state index contributed by atoms with van der Waals surface area (Å²) >= 11 is 0. The number of rotatable bonds is 7. The molecule has 5 nitrogen and oxygen atoms in total. The molecule has 0 saturated carbocycles. The maximum atomic E-state index is 8.71. The molecule has 2 aromatic rings. The highest BCUT2D eigenvalue weighted by Gasteiger charge is 2.05. The van der Waals surface area contributed by atoms with Crippen molar-refractivity contribution in [2.75, 3.05) is 6.61 Å². The Morgan fingerprint density at radius 2 is 2.00 bits per heavy atom. The summed E-state index contributed by atoms with van der Waals surface area (Å²) in [6, 6.07) is 8.25. The van der Waals surface area contributed by atoms with Crippen molar-refractivity contribution < 1.29 is 5.11 Å². The number of unbranched alkanes of at least 4 members (excludes halogenated alkanes) is 2. The van der Waals surface area contributed by atoms with E-state index in [-0.39, 0.29) is 6.61 Å². The highest BCUT2D eigenvalue weighted by molar-refractivity contribution is 5.27. The van der Waals surface area contributed by atoms with Crippen molar-refractivity contribution in [2.45, 2.75) is 39.2 Å². The van der Waals surface area contributed by atoms with Crippen LogP contribution in [0.1, 0.15) is 36.2 Å². The van der Waals surface area contributed by atoms with Crippen LogP contribution in [0.4, 0.5) is 0 Å². The molecule has 2 rings (SSSR count). The van der Waals surface area contributed by atoms with Crippen molar-refractivity contribution in [3.63, 3.8) is 0 Å². The molecule has 0 bridgehead atoms. The lowest BCUT2D eigenvalue weighted by molar-refractivity contribution is 0.280. The number of tetrazole rings is 1. The maximum absolute atomic E-state index is 8.71. The smallest absolute Gasteiger partial charge is 0.179 e. The summed E-state index contributed by atoms with van der Waals surface area (Å²) in [6.45, 7) is 3.11. The summed E-state index contributed by atoms with van der Waals surface area (Å²) < 4.78 is 0. The lowest BCUT2D eigenvalue weighted by atomic mass is 10.1. The molecular weight excluding hydrogens is 240 g/mol. The molecule has 0 atom stereocenters. The summed E-state index contributed by atoms with van der Waals surface area (Å²) in [5.74, 6) is 0.761. The fourth-order valence-corrected chi connectivity index (χ4v) is 1.96. The number of hydrogen-bond donors (Lipinski definition) is 1. The second kappa shape index (κ2) is 6.99. The van der Waals surface area contributed by atoms with Gasteiger partial charge in [-0.15, -0.1) is 10.2 Å². The van der Waals surface area contributed by atoms with E-state index in [1.807, 2.05) is 12.1 Å². The Labute approximate surface area is 113 Å². The van der Waals surface area contributed by atoms with Gasteiger partial charge in [0.25, 0.3) is 0 Å². The predicted molar refractivity (Wildman–Crippen MR) is 72.7 cm³/mol. The molecule has 1 N–H and O–H groups in total. The maximum Gasteiger partial charge on any atom is 0.179 e. The Morgan fingerprint density at radius 1 is 1.16 bits per heavy atom. The number of nitrogens with zero attached hydrogens (tertiary/aromatic N) is 4. The third-order valence-electron chi connectivity index (χ3n) is 3.12. The average molecular weight is 260 g/mol. The minimum absolute atomic E-state index is 0.253. The summed E-state index contributed by atoms with van der Waals surface area (Å²) in [7, 11) is 0. The molecule has 0 aliphatic heterocycles. The van der Waals surface area contributed by atoms with Crippen LogP contribution >= 0.6 is 0 Å². The van der Waals surface area contributed by atoms with E-state index in [1.54, 1.807) is 4.80 Å². The molecule has 0 unspecified atom stereocenters. The van der Waals surface area contributed by atoms with Crippen molar-refractivity contribution in [1.82, 2.24) is 20.2 Å². The van der Waals surface area contributed by atoms with E-state index in [9.17, 15) is 0 Å². The molecule has 1 aromatic carbocycles. The van der Waals surface area contributed by atoms with Crippen LogP contribution in [0.25, 0.3) is 0 Å². The molecular formula is C14H20N4O. The zero-order valence-electron chi connectivity index (χ0n) is 11.3. The minimum Gasteiger partial charge on any atom is -0.396 e. The van der Waals surface area contributed by atoms with Crippen LogP contribution in [-0.2, 0) is 13.0 Å². The van der Waals surface area contributed by atoms with Gasteiger partial charge >= 0.3 is 0 Å². The van der Waals surface area contributed by atoms with Gasteiger partial charge in [-0.3, -0.25) is 0 Å². The fraction of sp³-hybridized carbons (Fsp3) is 0.500. The predicted octanol–water partition coefficient (Wildman–Crippen LogP) is 1.73. The third-order valence-corrected chi connectivity index (χ3v) is 3.12. The van der Waals surface area contributed by atoms with Crippen LogP contribution in [0.3, 0.4) is 0 Å². The fourth-order valence-electron chi connectivity index (χ4n) is 1.96. The summed E-state index contributed by atoms with van der Waals surface area (Å²) in [5.41, 5.74) is 2.49. The molecule has 0 saturated heterocycles. The second-order valence-electron chi connectivity index (χ2n) is 4.69. The van der Waals surface area contributed by atoms with Crippen LogP contribution in [0.15, 0.2) is 24.3 Å². The summed E-state index contributed by atoms with van der Waals surface area (Å²) in [5, 5.41) is 21.2. The molecule has 0 amide bonds. The first kappa shape index (κ1) is 13.7. The number of aliphatic hydroxyl groups excluding tert-OH is 1. The Balaban J connectivity index is 1.89. The Kier molecular flexibility index (Phi) is 5.03. The van der Waals surface area contributed by atoms with Gasteiger partial charge in [0.2, 0.25) is 0 Å². The van der Waals surface area contributed by atoms with Crippen molar-refractivity contribution >= 4 is 0 Å². The van der Waals surface area contributed by atoms with E-state index in [4.69, 9.17) is 5.11 Å². The lowest BCUT2D eigenvalue weighted by Crippen LogP contribution is -2.03. The Hall–Kier alpha value is -1.75. The molecule has 1 heterocycles. The molecule has 19 heavy (non-hydrogen) atoms. The first-order chi connectivity index (χ1) is 9.29. The van der Waals surface area contributed by atoms with Crippen molar-refractivity contribution in [1.29, 1.82) is 0 Å². The molecule has 5 heteroatoms. The number of aromatic nitrogens is 4. The molecule has 1 aromatic heterocycles. The van der Waals surface area contributed by atoms with Gasteiger partial charge in [0.1, 0.15) is 0 Å². The van der Waals surface area contributed by atoms with E-state index in [0.717, 1.165) is 38.1 Å². The van der Waals surface area contributed by atoms with Gasteiger partial charge < -0.3 is 5.11 Å². The highest BCUT2D eigenvalue weighted by atomic mass is 16.2. The molecule has 0 aliphatic rings. The first-order valence-corrected chi connectivity index (χ1v) is 6.71. The zero-order valence-corrected chi connectivity index (χ0v) is 11.3. The largest absolute Gasteiger partial charge is 0.396 e. The number of hydrogen-bond acceptors (Lipinski definition) is 4. The number of aryl methyl sites for hydroxylation is 2. The Bertz CT molecular complexity index is 510. The molecule has 102 valence electrons. The Morgan fingerprint density at radius 3 is 2.79 bits per heavy atom. The van der Waals surface area contributed by atoms with Gasteiger partial charge in [-0.25, -0.2) is 0 Å². The van der Waals surface area contributed by atoms with E-state index in [1.165, 1.54) is 11.1 Å². The van der Waals surface area contributed by atoms with Crippen LogP contribution in [0, 0.1) is 6.92 Å². The van der Waals surface area contributed by atoms with Crippen LogP contribution in [0.5, 0.6) is 0 Å². The van der Waals surface area contributed by atoms with Gasteiger partial charge in [-0.05, 0) is 42.5 Å². The molecule has 0 aliphatic carbocycles. The molecule has 0 radical (unpaired) electrons. The van der Waals surface area contributed by atoms with Crippen LogP contribution < -0.4 is 0 Å². The molecule has 0 fully saturated rings. The number of benzene rings is 1. The van der Waals surface area contributed by atoms with E-state index in [2.05, 4.69) is 34.5 Å². The first-order valence-electron chi connectivity index (χ1n) is 6.71. The molecule has 0 spiro atoms. The minimum atomic E-state index is 0.253. The standard InChI is InChI=1S/C14H20N4O/c1-12-7-3-4-8-13(12)11-14-15-17-18(16-14)9-5-2-6-10-19/h3-4,7-8,19H,2,5-6,9-11H2,1H3. The van der Waals surface area contributed by atoms with Gasteiger partial charge in [0.15, 0.2) is 5.82 Å². The normalized spacial score (nSPS) is 10.8. The van der Waals surface area contributed by atoms with Crippen molar-refractivity contribution in [2.24, 2.45) is 0 Å². The summed E-state index contributed by atoms with van der Waals surface area (Å²) in [4.78, 5) is 1.64. The number of aliphatic hydroxyl groups is 1. The van der Waals surface area contributed by atoms with E-state index in [0.29, 0.717) is 0 Å². The van der Waals surface area contributed by atoms with E-state index < -0.39 is 0 Å². The quantitative estimate of drug-likeness (QED) is 0.770. The topological polar surface area (TPSA) is 63.8 Å². The third kappa shape index (κ3) is 4.13. The monoisotopic (exact) mass is 260 g/mol. The van der Waals surface area contributed by atoms with E-state index >= 15 is 0 Å². The SMILES string of the molecule is Cc1ccccc1Cc1nnn(CCCCCO)n1. The van der Waals surface area contributed by atoms with Crippen molar-refractivity contribution in [3.05, 3.63) is 41.2 Å². The van der Waals surface area contributed by atoms with Gasteiger partial charge in [0, 0.05) is 13.0 Å². The van der Waals surface area contributed by atoms with Crippen molar-refractivity contribution in [3.8, 4) is 0 Å². The zero-order chi connectivity index (χ0) is 13.5. The van der Waals surface area contributed by atoms with Gasteiger partial charge in [-0.1, -0.05) is 24.3 Å². The summed E-state index contributed by atoms with van der Waals surface area (Å²) in [6.07, 6.45) is 3.53. The lowest BCUT2D eigenvalue weighted by Gasteiger charge is -2.01.